The number of phenolic OH excluding ortho intramolecular Hbond substituents is 1. The highest BCUT2D eigenvalue weighted by Gasteiger charge is 2.25. The van der Waals surface area contributed by atoms with Gasteiger partial charge in [0, 0.05) is 62.4 Å². The summed E-state index contributed by atoms with van der Waals surface area (Å²) < 4.78 is 7.13. The van der Waals surface area contributed by atoms with Crippen molar-refractivity contribution in [1.82, 2.24) is 29.7 Å². The number of carbonyl (C=O) groups excluding carboxylic acids is 1. The van der Waals surface area contributed by atoms with E-state index in [1.54, 1.807) is 18.6 Å². The number of likely N-dealkylation sites (N-methyl/N-ethyl adjacent to an activating group) is 1. The van der Waals surface area contributed by atoms with Crippen LogP contribution in [-0.2, 0) is 55.3 Å². The number of pyridine rings is 4. The van der Waals surface area contributed by atoms with Crippen LogP contribution in [-0.4, -0.2) is 68.0 Å². The van der Waals surface area contributed by atoms with Crippen LogP contribution in [0.5, 0.6) is 5.75 Å². The van der Waals surface area contributed by atoms with Gasteiger partial charge in [0.05, 0.1) is 30.4 Å². The maximum absolute atomic E-state index is 12.8. The van der Waals surface area contributed by atoms with Gasteiger partial charge in [-0.25, -0.2) is 4.90 Å². The molecular weight excluding hydrogens is 602 g/mol. The van der Waals surface area contributed by atoms with Gasteiger partial charge in [-0.3, -0.25) is 34.1 Å². The van der Waals surface area contributed by atoms with Crippen molar-refractivity contribution in [2.24, 2.45) is 0 Å². The molecule has 4 aromatic heterocycles. The molecule has 0 saturated heterocycles. The topological polar surface area (TPSA) is 98.8 Å². The van der Waals surface area contributed by atoms with E-state index in [0.717, 1.165) is 33.8 Å². The van der Waals surface area contributed by atoms with Gasteiger partial charge >= 0.3 is 5.97 Å². The Morgan fingerprint density at radius 2 is 1.33 bits per heavy atom. The molecule has 1 N–H and O–H groups in total. The van der Waals surface area contributed by atoms with Crippen molar-refractivity contribution in [1.29, 1.82) is 0 Å². The molecule has 0 amide bonds. The van der Waals surface area contributed by atoms with E-state index in [1.165, 1.54) is 7.11 Å². The number of hydrogen-bond acceptors (Lipinski definition) is 9. The molecule has 0 aliphatic rings. The molecule has 10 heteroatoms. The lowest BCUT2D eigenvalue weighted by Crippen LogP contribution is -2.43. The highest BCUT2D eigenvalue weighted by Crippen LogP contribution is 2.30. The highest BCUT2D eigenvalue weighted by atomic mass is 16.5. The number of hydrogen-bond donors (Lipinski definition) is 1. The Bertz CT molecular complexity index is 1520. The second-order valence-corrected chi connectivity index (χ2v) is 12.0. The summed E-state index contributed by atoms with van der Waals surface area (Å²) in [4.78, 5) is 32.8. The van der Waals surface area contributed by atoms with Crippen molar-refractivity contribution in [2.75, 3.05) is 21.2 Å². The molecule has 0 aliphatic heterocycles. The molecular formula is C38H43N7O3. The summed E-state index contributed by atoms with van der Waals surface area (Å²) >= 11 is 0. The van der Waals surface area contributed by atoms with E-state index >= 15 is 0 Å². The molecule has 0 aliphatic carbocycles. The minimum Gasteiger partial charge on any atom is -0.507 e. The van der Waals surface area contributed by atoms with E-state index in [0.29, 0.717) is 45.8 Å². The highest BCUT2D eigenvalue weighted by molar-refractivity contribution is 5.76. The molecule has 0 spiro atoms. The second-order valence-electron chi connectivity index (χ2n) is 12.0. The first kappa shape index (κ1) is 34.3. The average molecular weight is 646 g/mol. The van der Waals surface area contributed by atoms with Crippen LogP contribution in [0.25, 0.3) is 0 Å². The van der Waals surface area contributed by atoms with E-state index in [1.807, 2.05) is 115 Å². The molecule has 5 rings (SSSR count). The van der Waals surface area contributed by atoms with Crippen LogP contribution >= 0.6 is 0 Å². The Balaban J connectivity index is 1.52. The predicted molar refractivity (Wildman–Crippen MR) is 182 cm³/mol. The minimum absolute atomic E-state index is 0.221. The van der Waals surface area contributed by atoms with Crippen LogP contribution in [0.3, 0.4) is 0 Å². The first-order chi connectivity index (χ1) is 23.4. The van der Waals surface area contributed by atoms with E-state index < -0.39 is 6.04 Å². The molecule has 0 bridgehead atoms. The molecule has 10 nitrogen and oxygen atoms in total. The average Bonchev–Trinajstić information content (AvgIpc) is 3.10. The Hall–Kier alpha value is -5.03. The number of phenols is 1. The molecule has 0 unspecified atom stereocenters. The van der Waals surface area contributed by atoms with Crippen LogP contribution in [0.2, 0.25) is 0 Å². The Labute approximate surface area is 282 Å². The zero-order valence-corrected chi connectivity index (χ0v) is 27.8. The van der Waals surface area contributed by atoms with Crippen molar-refractivity contribution in [2.45, 2.75) is 51.9 Å². The largest absolute Gasteiger partial charge is 0.507 e. The number of ether oxygens (including phenoxy) is 1. The summed E-state index contributed by atoms with van der Waals surface area (Å²) in [6, 6.07) is 26.9. The van der Waals surface area contributed by atoms with E-state index in [2.05, 4.69) is 30.9 Å². The fourth-order valence-electron chi connectivity index (χ4n) is 5.69. The fraction of sp³-hybridized carbons (Fsp3) is 0.289. The van der Waals surface area contributed by atoms with E-state index in [9.17, 15) is 9.90 Å². The number of methoxy groups -OCH3 is 1. The standard InChI is InChI=1S/C38H43N7O3/c1-42(2)36(38(47)48-3)23-30-21-31(24-44(26-33-13-5-8-16-39-33)27-34-14-6-9-17-40-34)37(46)32(22-30)25-45(28-35-15-7-10-18-41-35)29-43-19-11-4-12-20-43/h4-19,21-22,36,46H,23-29H2,1-3H3/t36-/m0/s1. The molecule has 1 atom stereocenters. The molecule has 48 heavy (non-hydrogen) atoms. The first-order valence-electron chi connectivity index (χ1n) is 16.0. The van der Waals surface area contributed by atoms with Crippen LogP contribution in [0.1, 0.15) is 33.8 Å². The summed E-state index contributed by atoms with van der Waals surface area (Å²) in [6.45, 7) is 3.08. The molecule has 248 valence electrons. The lowest BCUT2D eigenvalue weighted by Gasteiger charge is -2.26. The van der Waals surface area contributed by atoms with Crippen molar-refractivity contribution in [3.8, 4) is 5.75 Å². The smallest absolute Gasteiger partial charge is 0.323 e. The van der Waals surface area contributed by atoms with Crippen molar-refractivity contribution in [3.05, 3.63) is 150 Å². The van der Waals surface area contributed by atoms with Gasteiger partial charge < -0.3 is 9.84 Å². The van der Waals surface area contributed by atoms with Gasteiger partial charge in [-0.15, -0.1) is 12.1 Å². The summed E-state index contributed by atoms with van der Waals surface area (Å²) in [5.74, 6) is -0.0887. The Morgan fingerprint density at radius 1 is 0.792 bits per heavy atom. The number of benzene rings is 1. The minimum atomic E-state index is -0.488. The van der Waals surface area contributed by atoms with Crippen LogP contribution in [0, 0.1) is 6.20 Å². The molecule has 0 radical (unpaired) electrons. The number of carbonyl (C=O) groups is 1. The van der Waals surface area contributed by atoms with Gasteiger partial charge in [0.2, 0.25) is 0 Å². The zero-order valence-electron chi connectivity index (χ0n) is 27.8. The normalized spacial score (nSPS) is 12.0. The van der Waals surface area contributed by atoms with Crippen LogP contribution in [0.4, 0.5) is 0 Å². The van der Waals surface area contributed by atoms with Gasteiger partial charge in [0.25, 0.3) is 0 Å². The number of rotatable bonds is 16. The van der Waals surface area contributed by atoms with Gasteiger partial charge in [0.1, 0.15) is 18.0 Å². The summed E-state index contributed by atoms with van der Waals surface area (Å²) in [5.41, 5.74) is 5.19. The maximum Gasteiger partial charge on any atom is 0.323 e. The van der Waals surface area contributed by atoms with Gasteiger partial charge in [-0.2, -0.15) is 6.07 Å². The SMILES string of the molecule is COC(=O)[C@H](Cc1cc(CN(Cc2ccccn2)Cc2ccccn2)c(O)c(CN(Cc2ccccn2)C[n+]2[c-]cccc2)c1)N(C)C. The lowest BCUT2D eigenvalue weighted by molar-refractivity contribution is -0.720. The lowest BCUT2D eigenvalue weighted by atomic mass is 9.97. The third-order valence-electron chi connectivity index (χ3n) is 8.04. The zero-order chi connectivity index (χ0) is 33.7. The third-order valence-corrected chi connectivity index (χ3v) is 8.04. The molecule has 0 saturated carbocycles. The van der Waals surface area contributed by atoms with E-state index in [-0.39, 0.29) is 11.7 Å². The number of nitrogens with zero attached hydrogens (tertiary/aromatic N) is 7. The van der Waals surface area contributed by atoms with E-state index in [4.69, 9.17) is 4.74 Å². The quantitative estimate of drug-likeness (QED) is 0.0963. The second kappa shape index (κ2) is 17.2. The van der Waals surface area contributed by atoms with Crippen LogP contribution in [0.15, 0.2) is 110 Å². The number of aromatic nitrogens is 4. The van der Waals surface area contributed by atoms with Gasteiger partial charge in [0.15, 0.2) is 6.67 Å². The summed E-state index contributed by atoms with van der Waals surface area (Å²) in [7, 11) is 5.15. The van der Waals surface area contributed by atoms with Crippen molar-refractivity contribution >= 4 is 5.97 Å². The molecule has 4 heterocycles. The maximum atomic E-state index is 12.8. The van der Waals surface area contributed by atoms with Crippen molar-refractivity contribution in [3.63, 3.8) is 0 Å². The third kappa shape index (κ3) is 9.98. The first-order valence-corrected chi connectivity index (χ1v) is 16.0. The molecule has 1 aromatic carbocycles. The summed E-state index contributed by atoms with van der Waals surface area (Å²) in [5, 5.41) is 12.0. The monoisotopic (exact) mass is 645 g/mol. The number of aromatic hydroxyl groups is 1. The number of esters is 1. The van der Waals surface area contributed by atoms with Crippen LogP contribution < -0.4 is 4.57 Å². The van der Waals surface area contributed by atoms with Crippen molar-refractivity contribution < 1.29 is 19.2 Å². The predicted octanol–water partition coefficient (Wildman–Crippen LogP) is 4.17. The molecule has 5 aromatic rings. The van der Waals surface area contributed by atoms with Gasteiger partial charge in [-0.1, -0.05) is 30.3 Å². The summed E-state index contributed by atoms with van der Waals surface area (Å²) in [6.07, 6.45) is 11.0. The van der Waals surface area contributed by atoms with Gasteiger partial charge in [-0.05, 0) is 62.5 Å². The Kier molecular flexibility index (Phi) is 12.3. The molecule has 0 fully saturated rings. The Morgan fingerprint density at radius 3 is 1.79 bits per heavy atom. The fourth-order valence-corrected chi connectivity index (χ4v) is 5.69.